The Bertz CT molecular complexity index is 1130. The molecular formula is C22H26N4O6S2. The Morgan fingerprint density at radius 1 is 0.588 bits per heavy atom. The molecule has 2 fully saturated rings. The summed E-state index contributed by atoms with van der Waals surface area (Å²) < 4.78 is 63.9. The molecule has 0 spiro atoms. The Labute approximate surface area is 199 Å². The van der Waals surface area contributed by atoms with Crippen LogP contribution in [0.3, 0.4) is 0 Å². The minimum atomic E-state index is -3.53. The fraction of sp³-hybridized carbons (Fsp3) is 0.364. The summed E-state index contributed by atoms with van der Waals surface area (Å²) in [6.45, 7) is 2.98. The van der Waals surface area contributed by atoms with Gasteiger partial charge in [-0.3, -0.25) is 0 Å². The number of nitrogens with zero attached hydrogens (tertiary/aromatic N) is 4. The lowest BCUT2D eigenvalue weighted by molar-refractivity contribution is 0.0730. The summed E-state index contributed by atoms with van der Waals surface area (Å²) in [4.78, 5) is 0.448. The highest BCUT2D eigenvalue weighted by atomic mass is 32.2. The minimum absolute atomic E-state index is 0.224. The number of hydrogen-bond donors (Lipinski definition) is 0. The van der Waals surface area contributed by atoms with Gasteiger partial charge in [-0.2, -0.15) is 18.8 Å². The average molecular weight is 507 g/mol. The highest BCUT2D eigenvalue weighted by molar-refractivity contribution is 7.89. The molecule has 0 bridgehead atoms. The fourth-order valence-corrected chi connectivity index (χ4v) is 6.34. The summed E-state index contributed by atoms with van der Waals surface area (Å²) in [6, 6.07) is 12.8. The summed E-state index contributed by atoms with van der Waals surface area (Å²) in [7, 11) is -7.07. The van der Waals surface area contributed by atoms with Crippen molar-refractivity contribution in [2.45, 2.75) is 9.79 Å². The maximum atomic E-state index is 12.7. The normalized spacial score (nSPS) is 19.2. The second-order valence-electron chi connectivity index (χ2n) is 7.66. The van der Waals surface area contributed by atoms with E-state index in [1.165, 1.54) is 21.0 Å². The van der Waals surface area contributed by atoms with Crippen molar-refractivity contribution in [1.29, 1.82) is 0 Å². The molecule has 0 radical (unpaired) electrons. The summed E-state index contributed by atoms with van der Waals surface area (Å²) in [5.41, 5.74) is 1.40. The average Bonchev–Trinajstić information content (AvgIpc) is 2.88. The van der Waals surface area contributed by atoms with Gasteiger partial charge in [-0.05, 0) is 35.4 Å². The molecule has 0 N–H and O–H groups in total. The fourth-order valence-electron chi connectivity index (χ4n) is 3.52. The van der Waals surface area contributed by atoms with E-state index in [9.17, 15) is 16.8 Å². The van der Waals surface area contributed by atoms with Gasteiger partial charge in [-0.1, -0.05) is 24.3 Å². The zero-order chi connectivity index (χ0) is 24.0. The van der Waals surface area contributed by atoms with E-state index in [0.29, 0.717) is 63.7 Å². The molecule has 2 saturated heterocycles. The van der Waals surface area contributed by atoms with Crippen molar-refractivity contribution >= 4 is 32.5 Å². The molecule has 0 aromatic heterocycles. The zero-order valence-electron chi connectivity index (χ0n) is 18.5. The SMILES string of the molecule is O=S(=O)(c1ccc(/C=N/N=C/c2ccc(S(=O)(=O)N3CCOCC3)cc2)cc1)N1CCOCC1. The standard InChI is InChI=1S/C22H26N4O6S2/c27-33(28,25-9-13-31-14-10-25)21-5-1-19(2-6-21)17-23-24-18-20-3-7-22(8-4-20)34(29,30)26-11-15-32-16-12-26/h1-8,17-18H,9-16H2/b23-17+,24-18+. The van der Waals surface area contributed by atoms with Crippen LogP contribution in [0.2, 0.25) is 0 Å². The Morgan fingerprint density at radius 3 is 1.24 bits per heavy atom. The van der Waals surface area contributed by atoms with Crippen LogP contribution in [0.1, 0.15) is 11.1 Å². The van der Waals surface area contributed by atoms with Crippen molar-refractivity contribution in [3.05, 3.63) is 59.7 Å². The summed E-state index contributed by atoms with van der Waals surface area (Å²) in [5.74, 6) is 0. The van der Waals surface area contributed by atoms with Gasteiger partial charge in [-0.15, -0.1) is 0 Å². The topological polar surface area (TPSA) is 118 Å². The largest absolute Gasteiger partial charge is 0.379 e. The van der Waals surface area contributed by atoms with E-state index in [2.05, 4.69) is 10.2 Å². The molecule has 2 aromatic carbocycles. The molecule has 0 aliphatic carbocycles. The van der Waals surface area contributed by atoms with Crippen LogP contribution in [-0.2, 0) is 29.5 Å². The molecule has 2 aliphatic rings. The molecular weight excluding hydrogens is 480 g/mol. The van der Waals surface area contributed by atoms with Gasteiger partial charge < -0.3 is 9.47 Å². The van der Waals surface area contributed by atoms with Crippen LogP contribution in [0.4, 0.5) is 0 Å². The number of benzene rings is 2. The van der Waals surface area contributed by atoms with E-state index in [1.807, 2.05) is 0 Å². The van der Waals surface area contributed by atoms with Crippen molar-refractivity contribution in [1.82, 2.24) is 8.61 Å². The highest BCUT2D eigenvalue weighted by Gasteiger charge is 2.27. The molecule has 182 valence electrons. The van der Waals surface area contributed by atoms with E-state index in [4.69, 9.17) is 9.47 Å². The molecule has 0 unspecified atom stereocenters. The van der Waals surface area contributed by atoms with Crippen molar-refractivity contribution in [2.75, 3.05) is 52.6 Å². The molecule has 2 aliphatic heterocycles. The van der Waals surface area contributed by atoms with Gasteiger partial charge in [0, 0.05) is 26.2 Å². The van der Waals surface area contributed by atoms with Crippen LogP contribution in [0.5, 0.6) is 0 Å². The van der Waals surface area contributed by atoms with E-state index >= 15 is 0 Å². The number of sulfonamides is 2. The monoisotopic (exact) mass is 506 g/mol. The quantitative estimate of drug-likeness (QED) is 0.411. The Morgan fingerprint density at radius 2 is 0.912 bits per heavy atom. The molecule has 0 amide bonds. The smallest absolute Gasteiger partial charge is 0.243 e. The van der Waals surface area contributed by atoms with Gasteiger partial charge in [-0.25, -0.2) is 16.8 Å². The van der Waals surface area contributed by atoms with Gasteiger partial charge >= 0.3 is 0 Å². The number of ether oxygens (including phenoxy) is 2. The Hall–Kier alpha value is -2.48. The third-order valence-electron chi connectivity index (χ3n) is 5.46. The Balaban J connectivity index is 1.36. The first kappa shape index (κ1) is 24.6. The number of rotatable bonds is 7. The predicted octanol–water partition coefficient (Wildman–Crippen LogP) is 1.18. The van der Waals surface area contributed by atoms with Crippen LogP contribution in [0.25, 0.3) is 0 Å². The van der Waals surface area contributed by atoms with Gasteiger partial charge in [0.2, 0.25) is 20.0 Å². The molecule has 0 saturated carbocycles. The lowest BCUT2D eigenvalue weighted by Crippen LogP contribution is -2.40. The first-order chi connectivity index (χ1) is 16.4. The maximum Gasteiger partial charge on any atom is 0.243 e. The Kier molecular flexibility index (Phi) is 7.86. The molecule has 2 aromatic rings. The summed E-state index contributed by atoms with van der Waals surface area (Å²) in [5, 5.41) is 7.98. The predicted molar refractivity (Wildman–Crippen MR) is 127 cm³/mol. The van der Waals surface area contributed by atoms with Crippen LogP contribution >= 0.6 is 0 Å². The van der Waals surface area contributed by atoms with E-state index < -0.39 is 20.0 Å². The number of hydrogen-bond acceptors (Lipinski definition) is 8. The molecule has 0 atom stereocenters. The van der Waals surface area contributed by atoms with Crippen molar-refractivity contribution in [3.63, 3.8) is 0 Å². The van der Waals surface area contributed by atoms with Crippen molar-refractivity contribution in [3.8, 4) is 0 Å². The van der Waals surface area contributed by atoms with Gasteiger partial charge in [0.1, 0.15) is 0 Å². The first-order valence-corrected chi connectivity index (χ1v) is 13.7. The van der Waals surface area contributed by atoms with Gasteiger partial charge in [0.05, 0.1) is 48.6 Å². The lowest BCUT2D eigenvalue weighted by atomic mass is 10.2. The molecule has 4 rings (SSSR count). The van der Waals surface area contributed by atoms with Crippen LogP contribution in [0, 0.1) is 0 Å². The third kappa shape index (κ3) is 5.77. The van der Waals surface area contributed by atoms with Crippen molar-refractivity contribution in [2.24, 2.45) is 10.2 Å². The minimum Gasteiger partial charge on any atom is -0.379 e. The zero-order valence-corrected chi connectivity index (χ0v) is 20.1. The molecule has 12 heteroatoms. The summed E-state index contributed by atoms with van der Waals surface area (Å²) >= 11 is 0. The first-order valence-electron chi connectivity index (χ1n) is 10.8. The van der Waals surface area contributed by atoms with E-state index in [0.717, 1.165) is 0 Å². The lowest BCUT2D eigenvalue weighted by Gasteiger charge is -2.26. The molecule has 2 heterocycles. The second-order valence-corrected chi connectivity index (χ2v) is 11.5. The maximum absolute atomic E-state index is 12.7. The van der Waals surface area contributed by atoms with Gasteiger partial charge in [0.25, 0.3) is 0 Å². The molecule has 10 nitrogen and oxygen atoms in total. The second kappa shape index (κ2) is 10.8. The van der Waals surface area contributed by atoms with E-state index in [-0.39, 0.29) is 9.79 Å². The van der Waals surface area contributed by atoms with Crippen LogP contribution in [0.15, 0.2) is 68.5 Å². The highest BCUT2D eigenvalue weighted by Crippen LogP contribution is 2.18. The van der Waals surface area contributed by atoms with E-state index in [1.54, 1.807) is 48.5 Å². The third-order valence-corrected chi connectivity index (χ3v) is 9.28. The van der Waals surface area contributed by atoms with Crippen LogP contribution in [-0.4, -0.2) is 90.5 Å². The van der Waals surface area contributed by atoms with Crippen molar-refractivity contribution < 1.29 is 26.3 Å². The van der Waals surface area contributed by atoms with Gasteiger partial charge in [0.15, 0.2) is 0 Å². The molecule has 34 heavy (non-hydrogen) atoms. The summed E-state index contributed by atoms with van der Waals surface area (Å²) in [6.07, 6.45) is 3.03. The number of morpholine rings is 2. The van der Waals surface area contributed by atoms with Crippen LogP contribution < -0.4 is 0 Å².